The predicted octanol–water partition coefficient (Wildman–Crippen LogP) is 6.15. The Morgan fingerprint density at radius 1 is 0.868 bits per heavy atom. The number of anilines is 1. The van der Waals surface area contributed by atoms with Crippen LogP contribution in [0.3, 0.4) is 0 Å². The molecule has 0 aliphatic carbocycles. The van der Waals surface area contributed by atoms with Crippen LogP contribution in [0.15, 0.2) is 109 Å². The zero-order chi connectivity index (χ0) is 26.8. The summed E-state index contributed by atoms with van der Waals surface area (Å²) in [7, 11) is 0. The average Bonchev–Trinajstić information content (AvgIpc) is 3.19. The van der Waals surface area contributed by atoms with Crippen molar-refractivity contribution in [2.75, 3.05) is 4.90 Å². The van der Waals surface area contributed by atoms with E-state index in [9.17, 15) is 29.2 Å². The summed E-state index contributed by atoms with van der Waals surface area (Å²) in [5.74, 6) is -2.09. The second kappa shape index (κ2) is 9.98. The van der Waals surface area contributed by atoms with Crippen LogP contribution in [0.5, 0.6) is 11.5 Å². The van der Waals surface area contributed by atoms with E-state index in [0.717, 1.165) is 11.0 Å². The Labute approximate surface area is 216 Å². The van der Waals surface area contributed by atoms with E-state index in [2.05, 4.69) is 0 Å². The van der Waals surface area contributed by atoms with Crippen molar-refractivity contribution in [2.24, 2.45) is 0 Å². The molecule has 1 unspecified atom stereocenters. The SMILES string of the molecule is O=C1C(=O)N(c2cccc(F)c2)C(c2cccc(Oc3ccccc3)c2)/C1=C(\O)c1ccc([N+](=O)[O-])cc1. The maximum absolute atomic E-state index is 14.1. The molecule has 1 heterocycles. The summed E-state index contributed by atoms with van der Waals surface area (Å²) < 4.78 is 20.1. The number of benzene rings is 4. The standard InChI is InChI=1S/C29H19FN2O6/c30-20-7-5-8-22(17-20)31-26(19-6-4-11-24(16-19)38-23-9-2-1-3-10-23)25(28(34)29(31)35)27(33)18-12-14-21(15-13-18)32(36)37/h1-17,26,33H/b27-25+. The van der Waals surface area contributed by atoms with Gasteiger partial charge in [-0.25, -0.2) is 4.39 Å². The summed E-state index contributed by atoms with van der Waals surface area (Å²) in [5.41, 5.74) is 0.197. The van der Waals surface area contributed by atoms with Crippen LogP contribution in [0, 0.1) is 15.9 Å². The quantitative estimate of drug-likeness (QED) is 0.109. The molecule has 1 atom stereocenters. The lowest BCUT2D eigenvalue weighted by Crippen LogP contribution is -2.29. The number of rotatable bonds is 6. The average molecular weight is 510 g/mol. The number of aliphatic hydroxyl groups excluding tert-OH is 1. The first-order chi connectivity index (χ1) is 18.3. The number of ether oxygens (including phenoxy) is 1. The molecule has 0 bridgehead atoms. The zero-order valence-corrected chi connectivity index (χ0v) is 19.7. The number of nitro benzene ring substituents is 1. The highest BCUT2D eigenvalue weighted by Crippen LogP contribution is 2.43. The van der Waals surface area contributed by atoms with Gasteiger partial charge in [0.2, 0.25) is 0 Å². The van der Waals surface area contributed by atoms with E-state index in [1.54, 1.807) is 36.4 Å². The highest BCUT2D eigenvalue weighted by molar-refractivity contribution is 6.51. The number of halogens is 1. The zero-order valence-electron chi connectivity index (χ0n) is 19.7. The molecule has 4 aromatic rings. The molecule has 188 valence electrons. The van der Waals surface area contributed by atoms with Crippen LogP contribution >= 0.6 is 0 Å². The Hall–Kier alpha value is -5.31. The monoisotopic (exact) mass is 510 g/mol. The highest BCUT2D eigenvalue weighted by Gasteiger charge is 2.47. The number of non-ortho nitro benzene ring substituents is 1. The Morgan fingerprint density at radius 3 is 2.24 bits per heavy atom. The van der Waals surface area contributed by atoms with Crippen LogP contribution in [-0.2, 0) is 9.59 Å². The van der Waals surface area contributed by atoms with E-state index >= 15 is 0 Å². The molecule has 9 heteroatoms. The lowest BCUT2D eigenvalue weighted by atomic mass is 9.95. The van der Waals surface area contributed by atoms with Gasteiger partial charge < -0.3 is 9.84 Å². The van der Waals surface area contributed by atoms with Gasteiger partial charge in [0.25, 0.3) is 17.4 Å². The molecule has 38 heavy (non-hydrogen) atoms. The topological polar surface area (TPSA) is 110 Å². The third kappa shape index (κ3) is 4.60. The Balaban J connectivity index is 1.66. The minimum absolute atomic E-state index is 0.106. The fraction of sp³-hybridized carbons (Fsp3) is 0.0345. The van der Waals surface area contributed by atoms with Gasteiger partial charge in [-0.1, -0.05) is 36.4 Å². The Kier molecular flexibility index (Phi) is 6.40. The molecule has 1 amide bonds. The number of nitrogens with zero attached hydrogens (tertiary/aromatic N) is 2. The first-order valence-electron chi connectivity index (χ1n) is 11.5. The van der Waals surface area contributed by atoms with E-state index in [0.29, 0.717) is 17.1 Å². The lowest BCUT2D eigenvalue weighted by Gasteiger charge is -2.25. The van der Waals surface area contributed by atoms with Crippen molar-refractivity contribution in [2.45, 2.75) is 6.04 Å². The molecule has 0 radical (unpaired) electrons. The number of nitro groups is 1. The number of ketones is 1. The third-order valence-corrected chi connectivity index (χ3v) is 6.04. The van der Waals surface area contributed by atoms with Gasteiger partial charge in [-0.05, 0) is 60.2 Å². The molecular formula is C29H19FN2O6. The van der Waals surface area contributed by atoms with Gasteiger partial charge in [-0.15, -0.1) is 0 Å². The van der Waals surface area contributed by atoms with Crippen molar-refractivity contribution in [1.82, 2.24) is 0 Å². The molecule has 5 rings (SSSR count). The van der Waals surface area contributed by atoms with Crippen LogP contribution in [0.4, 0.5) is 15.8 Å². The molecular weight excluding hydrogens is 491 g/mol. The Morgan fingerprint density at radius 2 is 1.55 bits per heavy atom. The molecule has 1 aliphatic heterocycles. The Bertz CT molecular complexity index is 1580. The number of aliphatic hydroxyl groups is 1. The molecule has 0 saturated carbocycles. The van der Waals surface area contributed by atoms with Crippen LogP contribution < -0.4 is 9.64 Å². The van der Waals surface area contributed by atoms with Gasteiger partial charge in [-0.2, -0.15) is 0 Å². The summed E-state index contributed by atoms with van der Waals surface area (Å²) in [5, 5.41) is 22.2. The normalized spacial score (nSPS) is 16.4. The van der Waals surface area contributed by atoms with Crippen molar-refractivity contribution >= 4 is 28.8 Å². The van der Waals surface area contributed by atoms with Crippen molar-refractivity contribution in [3.8, 4) is 11.5 Å². The van der Waals surface area contributed by atoms with Crippen LogP contribution in [0.2, 0.25) is 0 Å². The van der Waals surface area contributed by atoms with E-state index in [4.69, 9.17) is 4.74 Å². The van der Waals surface area contributed by atoms with Gasteiger partial charge in [0.1, 0.15) is 23.1 Å². The van der Waals surface area contributed by atoms with E-state index in [1.165, 1.54) is 42.5 Å². The number of carbonyl (C=O) groups excluding carboxylic acids is 2. The summed E-state index contributed by atoms with van der Waals surface area (Å²) in [6.45, 7) is 0. The van der Waals surface area contributed by atoms with Crippen molar-refractivity contribution < 1.29 is 28.7 Å². The molecule has 4 aromatic carbocycles. The van der Waals surface area contributed by atoms with Gasteiger partial charge in [0, 0.05) is 23.4 Å². The molecule has 1 fully saturated rings. The van der Waals surface area contributed by atoms with E-state index < -0.39 is 34.2 Å². The minimum atomic E-state index is -1.13. The first kappa shape index (κ1) is 24.4. The number of amides is 1. The number of carbonyl (C=O) groups is 2. The van der Waals surface area contributed by atoms with Crippen molar-refractivity contribution in [1.29, 1.82) is 0 Å². The van der Waals surface area contributed by atoms with Gasteiger partial charge >= 0.3 is 0 Å². The maximum Gasteiger partial charge on any atom is 0.300 e. The number of para-hydroxylation sites is 1. The summed E-state index contributed by atoms with van der Waals surface area (Å²) in [6, 6.07) is 24.7. The molecule has 1 saturated heterocycles. The maximum atomic E-state index is 14.1. The molecule has 0 spiro atoms. The van der Waals surface area contributed by atoms with E-state index in [-0.39, 0.29) is 22.5 Å². The summed E-state index contributed by atoms with van der Waals surface area (Å²) >= 11 is 0. The van der Waals surface area contributed by atoms with Crippen molar-refractivity contribution in [3.63, 3.8) is 0 Å². The number of Topliss-reactive ketones (excluding diaryl/α,β-unsaturated/α-hetero) is 1. The van der Waals surface area contributed by atoms with Gasteiger partial charge in [0.15, 0.2) is 0 Å². The lowest BCUT2D eigenvalue weighted by molar-refractivity contribution is -0.384. The van der Waals surface area contributed by atoms with E-state index in [1.807, 2.05) is 18.2 Å². The fourth-order valence-corrected chi connectivity index (χ4v) is 4.31. The summed E-state index contributed by atoms with van der Waals surface area (Å²) in [4.78, 5) is 38.1. The van der Waals surface area contributed by atoms with Crippen molar-refractivity contribution in [3.05, 3.63) is 136 Å². The highest BCUT2D eigenvalue weighted by atomic mass is 19.1. The second-order valence-corrected chi connectivity index (χ2v) is 8.44. The van der Waals surface area contributed by atoms with Gasteiger partial charge in [0.05, 0.1) is 16.5 Å². The van der Waals surface area contributed by atoms with Crippen LogP contribution in [0.1, 0.15) is 17.2 Å². The molecule has 0 aromatic heterocycles. The second-order valence-electron chi connectivity index (χ2n) is 8.44. The minimum Gasteiger partial charge on any atom is -0.507 e. The van der Waals surface area contributed by atoms with Crippen LogP contribution in [-0.4, -0.2) is 21.7 Å². The molecule has 1 N–H and O–H groups in total. The number of hydrogen-bond donors (Lipinski definition) is 1. The van der Waals surface area contributed by atoms with Gasteiger partial charge in [-0.3, -0.25) is 24.6 Å². The third-order valence-electron chi connectivity index (χ3n) is 6.04. The molecule has 8 nitrogen and oxygen atoms in total. The number of hydrogen-bond acceptors (Lipinski definition) is 6. The molecule has 1 aliphatic rings. The smallest absolute Gasteiger partial charge is 0.300 e. The fourth-order valence-electron chi connectivity index (χ4n) is 4.31. The first-order valence-corrected chi connectivity index (χ1v) is 11.5. The van der Waals surface area contributed by atoms with Crippen LogP contribution in [0.25, 0.3) is 5.76 Å². The largest absolute Gasteiger partial charge is 0.507 e. The summed E-state index contributed by atoms with van der Waals surface area (Å²) in [6.07, 6.45) is 0. The predicted molar refractivity (Wildman–Crippen MR) is 137 cm³/mol.